The Hall–Kier alpha value is -1.65. The summed E-state index contributed by atoms with van der Waals surface area (Å²) in [6.07, 6.45) is 3.42. The Balaban J connectivity index is 2.07. The van der Waals surface area contributed by atoms with Crippen LogP contribution < -0.4 is 10.6 Å². The van der Waals surface area contributed by atoms with E-state index in [1.54, 1.807) is 6.33 Å². The Kier molecular flexibility index (Phi) is 3.00. The molecule has 92 valence electrons. The third kappa shape index (κ3) is 2.38. The van der Waals surface area contributed by atoms with Gasteiger partial charge in [0.1, 0.15) is 12.1 Å². The van der Waals surface area contributed by atoms with Crippen molar-refractivity contribution in [3.63, 3.8) is 0 Å². The molecule has 5 nitrogen and oxygen atoms in total. The minimum atomic E-state index is -0.140. The fraction of sp³-hybridized carbons (Fsp3) is 0.583. The van der Waals surface area contributed by atoms with Crippen molar-refractivity contribution in [3.8, 4) is 0 Å². The standard InChI is InChI=1S/C12H19N5/c1-9-7-10(16-8-15-9)17-5-3-12(2,4-6-17)11(13)14/h7-8H,3-6H2,1-2H3,(H3,13,14). The summed E-state index contributed by atoms with van der Waals surface area (Å²) >= 11 is 0. The van der Waals surface area contributed by atoms with Crippen molar-refractivity contribution in [1.29, 1.82) is 5.41 Å². The van der Waals surface area contributed by atoms with Gasteiger partial charge < -0.3 is 10.6 Å². The lowest BCUT2D eigenvalue weighted by Crippen LogP contribution is -2.45. The highest BCUT2D eigenvalue weighted by Crippen LogP contribution is 2.32. The van der Waals surface area contributed by atoms with Crippen LogP contribution in [0.5, 0.6) is 0 Å². The van der Waals surface area contributed by atoms with Crippen molar-refractivity contribution in [2.24, 2.45) is 11.1 Å². The predicted octanol–water partition coefficient (Wildman–Crippen LogP) is 1.33. The van der Waals surface area contributed by atoms with Crippen LogP contribution in [0, 0.1) is 17.7 Å². The first-order valence-corrected chi connectivity index (χ1v) is 5.89. The van der Waals surface area contributed by atoms with Gasteiger partial charge in [0, 0.05) is 30.3 Å². The second-order valence-electron chi connectivity index (χ2n) is 4.98. The van der Waals surface area contributed by atoms with Gasteiger partial charge in [-0.3, -0.25) is 5.41 Å². The number of aromatic nitrogens is 2. The molecule has 1 aliphatic heterocycles. The molecule has 0 aliphatic carbocycles. The first kappa shape index (κ1) is 11.8. The SMILES string of the molecule is Cc1cc(N2CCC(C)(C(=N)N)CC2)ncn1. The molecule has 0 atom stereocenters. The fourth-order valence-corrected chi connectivity index (χ4v) is 2.11. The van der Waals surface area contributed by atoms with Crippen LogP contribution in [0.15, 0.2) is 12.4 Å². The molecule has 1 aliphatic rings. The van der Waals surface area contributed by atoms with Crippen LogP contribution in [0.25, 0.3) is 0 Å². The molecule has 1 aromatic heterocycles. The average molecular weight is 233 g/mol. The maximum Gasteiger partial charge on any atom is 0.132 e. The Bertz CT molecular complexity index is 421. The number of anilines is 1. The molecule has 2 rings (SSSR count). The van der Waals surface area contributed by atoms with Crippen LogP contribution in [0.3, 0.4) is 0 Å². The summed E-state index contributed by atoms with van der Waals surface area (Å²) < 4.78 is 0. The number of nitrogens with two attached hydrogens (primary N) is 1. The second kappa shape index (κ2) is 4.31. The van der Waals surface area contributed by atoms with E-state index in [0.29, 0.717) is 5.84 Å². The van der Waals surface area contributed by atoms with Gasteiger partial charge in [0.15, 0.2) is 0 Å². The summed E-state index contributed by atoms with van der Waals surface area (Å²) in [5.74, 6) is 1.28. The highest BCUT2D eigenvalue weighted by Gasteiger charge is 2.33. The summed E-state index contributed by atoms with van der Waals surface area (Å²) in [6, 6.07) is 2.00. The molecule has 0 spiro atoms. The van der Waals surface area contributed by atoms with E-state index in [0.717, 1.165) is 37.4 Å². The average Bonchev–Trinajstić information content (AvgIpc) is 2.30. The summed E-state index contributed by atoms with van der Waals surface area (Å²) in [5.41, 5.74) is 6.49. The van der Waals surface area contributed by atoms with E-state index in [4.69, 9.17) is 11.1 Å². The predicted molar refractivity (Wildman–Crippen MR) is 68.2 cm³/mol. The van der Waals surface area contributed by atoms with E-state index in [2.05, 4.69) is 21.8 Å². The lowest BCUT2D eigenvalue weighted by Gasteiger charge is -2.39. The fourth-order valence-electron chi connectivity index (χ4n) is 2.11. The third-order valence-electron chi connectivity index (χ3n) is 3.63. The lowest BCUT2D eigenvalue weighted by atomic mass is 9.79. The smallest absolute Gasteiger partial charge is 0.132 e. The molecular weight excluding hydrogens is 214 g/mol. The summed E-state index contributed by atoms with van der Waals surface area (Å²) in [7, 11) is 0. The van der Waals surface area contributed by atoms with Crippen LogP contribution in [0.2, 0.25) is 0 Å². The molecule has 0 radical (unpaired) electrons. The highest BCUT2D eigenvalue weighted by atomic mass is 15.2. The van der Waals surface area contributed by atoms with Crippen molar-refractivity contribution in [3.05, 3.63) is 18.1 Å². The Morgan fingerprint density at radius 2 is 2.06 bits per heavy atom. The maximum absolute atomic E-state index is 7.62. The normalized spacial score (nSPS) is 19.1. The molecule has 3 N–H and O–H groups in total. The molecule has 2 heterocycles. The molecule has 0 aromatic carbocycles. The van der Waals surface area contributed by atoms with Gasteiger partial charge in [0.2, 0.25) is 0 Å². The number of nitrogens with one attached hydrogen (secondary N) is 1. The maximum atomic E-state index is 7.62. The number of nitrogens with zero attached hydrogens (tertiary/aromatic N) is 3. The van der Waals surface area contributed by atoms with Gasteiger partial charge in [-0.25, -0.2) is 9.97 Å². The molecule has 0 bridgehead atoms. The number of hydrogen-bond acceptors (Lipinski definition) is 4. The van der Waals surface area contributed by atoms with Crippen molar-refractivity contribution in [2.45, 2.75) is 26.7 Å². The van der Waals surface area contributed by atoms with Crippen molar-refractivity contribution >= 4 is 11.7 Å². The first-order valence-electron chi connectivity index (χ1n) is 5.89. The quantitative estimate of drug-likeness (QED) is 0.596. The van der Waals surface area contributed by atoms with E-state index in [9.17, 15) is 0 Å². The van der Waals surface area contributed by atoms with Crippen LogP contribution in [-0.4, -0.2) is 28.9 Å². The number of amidine groups is 1. The second-order valence-corrected chi connectivity index (χ2v) is 4.98. The molecule has 5 heteroatoms. The Labute approximate surface area is 102 Å². The number of rotatable bonds is 2. The van der Waals surface area contributed by atoms with Crippen LogP contribution in [0.1, 0.15) is 25.5 Å². The molecule has 17 heavy (non-hydrogen) atoms. The van der Waals surface area contributed by atoms with Crippen molar-refractivity contribution in [1.82, 2.24) is 9.97 Å². The zero-order valence-electron chi connectivity index (χ0n) is 10.4. The highest BCUT2D eigenvalue weighted by molar-refractivity contribution is 5.83. The largest absolute Gasteiger partial charge is 0.387 e. The zero-order chi connectivity index (χ0) is 12.5. The molecule has 1 aromatic rings. The van der Waals surface area contributed by atoms with Gasteiger partial charge in [0.25, 0.3) is 0 Å². The summed E-state index contributed by atoms with van der Waals surface area (Å²) in [6.45, 7) is 5.83. The number of piperidine rings is 1. The molecule has 0 saturated carbocycles. The van der Waals surface area contributed by atoms with Crippen LogP contribution in [0.4, 0.5) is 5.82 Å². The monoisotopic (exact) mass is 233 g/mol. The van der Waals surface area contributed by atoms with Crippen LogP contribution >= 0.6 is 0 Å². The van der Waals surface area contributed by atoms with Gasteiger partial charge in [-0.1, -0.05) is 6.92 Å². The van der Waals surface area contributed by atoms with Gasteiger partial charge in [-0.15, -0.1) is 0 Å². The van der Waals surface area contributed by atoms with E-state index in [-0.39, 0.29) is 5.41 Å². The first-order chi connectivity index (χ1) is 8.01. The summed E-state index contributed by atoms with van der Waals surface area (Å²) in [4.78, 5) is 10.6. The van der Waals surface area contributed by atoms with Gasteiger partial charge in [0.05, 0.1) is 5.84 Å². The van der Waals surface area contributed by atoms with E-state index >= 15 is 0 Å². The Morgan fingerprint density at radius 3 is 2.59 bits per heavy atom. The van der Waals surface area contributed by atoms with E-state index in [1.165, 1.54) is 0 Å². The van der Waals surface area contributed by atoms with Crippen LogP contribution in [-0.2, 0) is 0 Å². The molecule has 1 saturated heterocycles. The lowest BCUT2D eigenvalue weighted by molar-refractivity contribution is 0.350. The van der Waals surface area contributed by atoms with Gasteiger partial charge in [-0.05, 0) is 19.8 Å². The minimum absolute atomic E-state index is 0.140. The number of aryl methyl sites for hydroxylation is 1. The third-order valence-corrected chi connectivity index (χ3v) is 3.63. The van der Waals surface area contributed by atoms with Crippen molar-refractivity contribution < 1.29 is 0 Å². The topological polar surface area (TPSA) is 78.9 Å². The summed E-state index contributed by atoms with van der Waals surface area (Å²) in [5, 5.41) is 7.62. The molecule has 0 unspecified atom stereocenters. The van der Waals surface area contributed by atoms with Gasteiger partial charge in [-0.2, -0.15) is 0 Å². The van der Waals surface area contributed by atoms with E-state index in [1.807, 2.05) is 13.0 Å². The zero-order valence-corrected chi connectivity index (χ0v) is 10.4. The van der Waals surface area contributed by atoms with Crippen molar-refractivity contribution in [2.75, 3.05) is 18.0 Å². The number of hydrogen-bond donors (Lipinski definition) is 2. The molecular formula is C12H19N5. The minimum Gasteiger partial charge on any atom is -0.387 e. The Morgan fingerprint density at radius 1 is 1.41 bits per heavy atom. The molecule has 0 amide bonds. The molecule has 1 fully saturated rings. The van der Waals surface area contributed by atoms with E-state index < -0.39 is 0 Å². The van der Waals surface area contributed by atoms with Gasteiger partial charge >= 0.3 is 0 Å².